The van der Waals surface area contributed by atoms with Crippen LogP contribution < -0.4 is 18.9 Å². The average Bonchev–Trinajstić information content (AvgIpc) is 1.59. The Morgan fingerprint density at radius 1 is 1.20 bits per heavy atom. The van der Waals surface area contributed by atoms with E-state index in [1.807, 2.05) is 0 Å². The van der Waals surface area contributed by atoms with Crippen LogP contribution in [0.25, 0.3) is 0 Å². The van der Waals surface area contributed by atoms with Gasteiger partial charge in [0.25, 0.3) is 0 Å². The molecule has 0 N–H and O–H groups in total. The van der Waals surface area contributed by atoms with Crippen molar-refractivity contribution in [3.05, 3.63) is 11.8 Å². The summed E-state index contributed by atoms with van der Waals surface area (Å²) in [6.45, 7) is 11.3. The van der Waals surface area contributed by atoms with E-state index in [0.29, 0.717) is 5.92 Å². The van der Waals surface area contributed by atoms with Crippen molar-refractivity contribution in [1.29, 1.82) is 0 Å². The summed E-state index contributed by atoms with van der Waals surface area (Å²) in [4.78, 5) is 0. The first-order chi connectivity index (χ1) is 3.92. The molecule has 0 saturated heterocycles. The molecule has 0 spiro atoms. The summed E-state index contributed by atoms with van der Waals surface area (Å²) >= 11 is 0. The van der Waals surface area contributed by atoms with Gasteiger partial charge in [-0.25, -0.2) is 0 Å². The Bertz CT molecular complexity index is 100. The molecule has 0 aliphatic carbocycles. The molecular formula is C8H17LiSi. The Morgan fingerprint density at radius 2 is 1.60 bits per heavy atom. The van der Waals surface area contributed by atoms with Crippen molar-refractivity contribution in [2.75, 3.05) is 0 Å². The summed E-state index contributed by atoms with van der Waals surface area (Å²) in [5, 5.41) is 0. The Labute approximate surface area is 78.3 Å². The summed E-state index contributed by atoms with van der Waals surface area (Å²) in [6.07, 6.45) is 2.19. The van der Waals surface area contributed by atoms with Gasteiger partial charge in [0.15, 0.2) is 0 Å². The van der Waals surface area contributed by atoms with Crippen molar-refractivity contribution < 1.29 is 18.9 Å². The first-order valence-corrected chi connectivity index (χ1v) is 7.03. The van der Waals surface area contributed by atoms with E-state index in [4.69, 9.17) is 0 Å². The van der Waals surface area contributed by atoms with Gasteiger partial charge in [0.2, 0.25) is 0 Å². The van der Waals surface area contributed by atoms with Gasteiger partial charge in [-0.2, -0.15) is 0 Å². The summed E-state index contributed by atoms with van der Waals surface area (Å²) in [5.74, 6) is 0.664. The molecule has 0 aromatic rings. The number of allylic oxidation sites excluding steroid dienone is 1. The second kappa shape index (κ2) is 5.24. The van der Waals surface area contributed by atoms with Crippen molar-refractivity contribution in [1.82, 2.24) is 0 Å². The fraction of sp³-hybridized carbons (Fsp3) is 0.750. The Kier molecular flexibility index (Phi) is 6.90. The third kappa shape index (κ3) is 11.4. The number of hydrogen-bond acceptors (Lipinski definition) is 0. The molecule has 0 aromatic heterocycles. The zero-order chi connectivity index (χ0) is 7.49. The molecule has 0 heterocycles. The van der Waals surface area contributed by atoms with Gasteiger partial charge in [0.1, 0.15) is 0 Å². The molecule has 0 bridgehead atoms. The second-order valence-electron chi connectivity index (χ2n) is 3.81. The fourth-order valence-corrected chi connectivity index (χ4v) is 1.25. The molecule has 2 heteroatoms. The molecule has 54 valence electrons. The Morgan fingerprint density at radius 3 is 1.70 bits per heavy atom. The van der Waals surface area contributed by atoms with Gasteiger partial charge in [0.05, 0.1) is 0 Å². The summed E-state index contributed by atoms with van der Waals surface area (Å²) in [5.41, 5.74) is 3.44. The summed E-state index contributed by atoms with van der Waals surface area (Å²) in [6, 6.07) is 0. The first kappa shape index (κ1) is 13.2. The number of rotatable bonds is 2. The fourth-order valence-electron chi connectivity index (χ4n) is 0.417. The monoisotopic (exact) mass is 148 g/mol. The molecule has 0 aliphatic rings. The minimum Gasteiger partial charge on any atom is -0.501 e. The van der Waals surface area contributed by atoms with Crippen LogP contribution in [0.15, 0.2) is 6.08 Å². The van der Waals surface area contributed by atoms with Crippen molar-refractivity contribution in [3.63, 3.8) is 0 Å². The van der Waals surface area contributed by atoms with Crippen LogP contribution in [0, 0.1) is 11.6 Å². The predicted molar refractivity (Wildman–Crippen MR) is 46.0 cm³/mol. The minimum atomic E-state index is -1.03. The molecule has 0 nitrogen and oxygen atoms in total. The van der Waals surface area contributed by atoms with Crippen LogP contribution in [0.5, 0.6) is 0 Å². The van der Waals surface area contributed by atoms with Crippen molar-refractivity contribution in [2.24, 2.45) is 5.92 Å². The zero-order valence-electron chi connectivity index (χ0n) is 8.15. The van der Waals surface area contributed by atoms with Crippen LogP contribution in [0.1, 0.15) is 13.8 Å². The SMILES string of the molecule is CC(C)C=[C-][Si](C)(C)C.[Li+]. The molecule has 0 unspecified atom stereocenters. The van der Waals surface area contributed by atoms with Crippen molar-refractivity contribution in [2.45, 2.75) is 33.5 Å². The molecule has 0 aliphatic heterocycles. The van der Waals surface area contributed by atoms with E-state index in [1.54, 1.807) is 0 Å². The molecule has 0 atom stereocenters. The van der Waals surface area contributed by atoms with Crippen LogP contribution >= 0.6 is 0 Å². The van der Waals surface area contributed by atoms with Gasteiger partial charge >= 0.3 is 18.9 Å². The first-order valence-electron chi connectivity index (χ1n) is 3.53. The Hall–Kier alpha value is 0.554. The van der Waals surface area contributed by atoms with Crippen LogP contribution in [0.4, 0.5) is 0 Å². The summed E-state index contributed by atoms with van der Waals surface area (Å²) < 4.78 is 0. The zero-order valence-corrected chi connectivity index (χ0v) is 9.15. The van der Waals surface area contributed by atoms with Gasteiger partial charge in [-0.3, -0.25) is 6.08 Å². The molecule has 0 amide bonds. The van der Waals surface area contributed by atoms with Crippen LogP contribution in [0.2, 0.25) is 19.6 Å². The summed E-state index contributed by atoms with van der Waals surface area (Å²) in [7, 11) is -1.03. The van der Waals surface area contributed by atoms with E-state index >= 15 is 0 Å². The van der Waals surface area contributed by atoms with E-state index in [-0.39, 0.29) is 18.9 Å². The van der Waals surface area contributed by atoms with E-state index < -0.39 is 8.07 Å². The largest absolute Gasteiger partial charge is 1.00 e. The predicted octanol–water partition coefficient (Wildman–Crippen LogP) is -0.117. The molecule has 0 fully saturated rings. The maximum Gasteiger partial charge on any atom is 1.00 e. The third-order valence-corrected chi connectivity index (χ3v) is 1.88. The molecular weight excluding hydrogens is 131 g/mol. The normalized spacial score (nSPS) is 12.2. The quantitative estimate of drug-likeness (QED) is 0.378. The van der Waals surface area contributed by atoms with E-state index in [1.165, 1.54) is 0 Å². The van der Waals surface area contributed by atoms with E-state index in [0.717, 1.165) is 0 Å². The molecule has 0 aromatic carbocycles. The van der Waals surface area contributed by atoms with Crippen LogP contribution in [-0.2, 0) is 0 Å². The molecule has 0 radical (unpaired) electrons. The topological polar surface area (TPSA) is 0 Å². The maximum atomic E-state index is 3.44. The van der Waals surface area contributed by atoms with Gasteiger partial charge in [-0.1, -0.05) is 39.4 Å². The average molecular weight is 148 g/mol. The Balaban J connectivity index is 0. The minimum absolute atomic E-state index is 0. The smallest absolute Gasteiger partial charge is 0.501 e. The van der Waals surface area contributed by atoms with Crippen LogP contribution in [-0.4, -0.2) is 8.07 Å². The number of hydrogen-bond donors (Lipinski definition) is 0. The second-order valence-corrected chi connectivity index (χ2v) is 8.59. The third-order valence-electron chi connectivity index (χ3n) is 0.850. The van der Waals surface area contributed by atoms with Crippen molar-refractivity contribution >= 4 is 8.07 Å². The molecule has 0 rings (SSSR count). The van der Waals surface area contributed by atoms with E-state index in [9.17, 15) is 0 Å². The van der Waals surface area contributed by atoms with E-state index in [2.05, 4.69) is 45.3 Å². The molecule has 10 heavy (non-hydrogen) atoms. The van der Waals surface area contributed by atoms with Gasteiger partial charge in [-0.05, 0) is 0 Å². The van der Waals surface area contributed by atoms with Crippen LogP contribution in [0.3, 0.4) is 0 Å². The van der Waals surface area contributed by atoms with Gasteiger partial charge in [-0.15, -0.1) is 8.07 Å². The van der Waals surface area contributed by atoms with Gasteiger partial charge < -0.3 is 5.70 Å². The standard InChI is InChI=1S/C8H17Si.Li/c1-8(2)6-7-9(3,4)5;/h6,8H,1-5H3;/q-1;+1. The van der Waals surface area contributed by atoms with Gasteiger partial charge in [0, 0.05) is 0 Å². The maximum absolute atomic E-state index is 3.44. The molecule has 0 saturated carbocycles. The van der Waals surface area contributed by atoms with Crippen molar-refractivity contribution in [3.8, 4) is 0 Å².